The molecule has 2 rings (SSSR count). The van der Waals surface area contributed by atoms with E-state index >= 15 is 0 Å². The summed E-state index contributed by atoms with van der Waals surface area (Å²) in [4.78, 5) is 0. The van der Waals surface area contributed by atoms with E-state index in [1.165, 1.54) is 0 Å². The first-order valence-electron chi connectivity index (χ1n) is 7.01. The summed E-state index contributed by atoms with van der Waals surface area (Å²) in [5.74, 6) is 1.63. The maximum absolute atomic E-state index is 5.43. The van der Waals surface area contributed by atoms with Gasteiger partial charge in [-0.1, -0.05) is 25.3 Å². The van der Waals surface area contributed by atoms with Crippen molar-refractivity contribution in [2.75, 3.05) is 24.1 Å². The molecule has 2 aromatic rings. The molecule has 22 heavy (non-hydrogen) atoms. The summed E-state index contributed by atoms with van der Waals surface area (Å²) in [6.07, 6.45) is 3.44. The first kappa shape index (κ1) is 15.5. The van der Waals surface area contributed by atoms with E-state index in [0.29, 0.717) is 13.2 Å². The zero-order valence-corrected chi connectivity index (χ0v) is 12.4. The first-order chi connectivity index (χ1) is 10.8. The second kappa shape index (κ2) is 8.42. The average Bonchev–Trinajstić information content (AvgIpc) is 2.58. The van der Waals surface area contributed by atoms with Gasteiger partial charge in [-0.05, 0) is 48.5 Å². The fraction of sp³-hybridized carbons (Fsp3) is 0.111. The van der Waals surface area contributed by atoms with Crippen LogP contribution in [0.15, 0.2) is 73.8 Å². The molecule has 0 amide bonds. The Kier molecular flexibility index (Phi) is 5.93. The number of nitrogens with one attached hydrogen (secondary N) is 2. The lowest BCUT2D eigenvalue weighted by Crippen LogP contribution is -2.08. The van der Waals surface area contributed by atoms with Crippen LogP contribution in [0.2, 0.25) is 0 Å². The molecule has 0 saturated heterocycles. The van der Waals surface area contributed by atoms with E-state index in [1.54, 1.807) is 12.2 Å². The molecule has 0 spiro atoms. The molecule has 0 aliphatic rings. The fourth-order valence-corrected chi connectivity index (χ4v) is 1.72. The largest absolute Gasteiger partial charge is 0.490 e. The maximum Gasteiger partial charge on any atom is 0.119 e. The highest BCUT2D eigenvalue weighted by Crippen LogP contribution is 2.18. The summed E-state index contributed by atoms with van der Waals surface area (Å²) in [5, 5.41) is 0. The minimum Gasteiger partial charge on any atom is -0.490 e. The summed E-state index contributed by atoms with van der Waals surface area (Å²) in [5.41, 5.74) is 8.13. The van der Waals surface area contributed by atoms with Crippen LogP contribution in [0, 0.1) is 0 Å². The lowest BCUT2D eigenvalue weighted by Gasteiger charge is -2.11. The van der Waals surface area contributed by atoms with Gasteiger partial charge < -0.3 is 20.3 Å². The van der Waals surface area contributed by atoms with Crippen molar-refractivity contribution in [2.24, 2.45) is 0 Å². The van der Waals surface area contributed by atoms with E-state index in [1.807, 2.05) is 48.5 Å². The van der Waals surface area contributed by atoms with Crippen molar-refractivity contribution in [2.45, 2.75) is 0 Å². The Labute approximate surface area is 131 Å². The Hall–Kier alpha value is -2.88. The van der Waals surface area contributed by atoms with Gasteiger partial charge in [-0.15, -0.1) is 0 Å². The van der Waals surface area contributed by atoms with Crippen molar-refractivity contribution in [3.05, 3.63) is 73.8 Å². The van der Waals surface area contributed by atoms with Gasteiger partial charge in [-0.25, -0.2) is 0 Å². The van der Waals surface area contributed by atoms with Gasteiger partial charge in [0.1, 0.15) is 24.7 Å². The van der Waals surface area contributed by atoms with Crippen molar-refractivity contribution >= 4 is 11.4 Å². The topological polar surface area (TPSA) is 42.5 Å². The first-order valence-corrected chi connectivity index (χ1v) is 7.01. The van der Waals surface area contributed by atoms with Crippen molar-refractivity contribution in [3.8, 4) is 11.5 Å². The number of hydrogen-bond acceptors (Lipinski definition) is 4. The van der Waals surface area contributed by atoms with Gasteiger partial charge >= 0.3 is 0 Å². The predicted octanol–water partition coefficient (Wildman–Crippen LogP) is 4.26. The lowest BCUT2D eigenvalue weighted by molar-refractivity contribution is 0.363. The van der Waals surface area contributed by atoms with Gasteiger partial charge in [0, 0.05) is 0 Å². The van der Waals surface area contributed by atoms with Crippen LogP contribution in [0.25, 0.3) is 0 Å². The summed E-state index contributed by atoms with van der Waals surface area (Å²) in [7, 11) is 0. The van der Waals surface area contributed by atoms with E-state index in [0.717, 1.165) is 22.9 Å². The third kappa shape index (κ3) is 4.90. The Morgan fingerprint density at radius 2 is 1.05 bits per heavy atom. The number of anilines is 2. The fourth-order valence-electron chi connectivity index (χ4n) is 1.72. The Bertz CT molecular complexity index is 536. The molecule has 114 valence electrons. The second-order valence-corrected chi connectivity index (χ2v) is 4.50. The molecule has 0 aromatic heterocycles. The number of ether oxygens (including phenoxy) is 2. The SMILES string of the molecule is C=CCOc1ccc(NNc2ccc(OCC=C)cc2)cc1. The Balaban J connectivity index is 1.84. The minimum atomic E-state index is 0.505. The maximum atomic E-state index is 5.43. The number of hydrazine groups is 1. The van der Waals surface area contributed by atoms with Gasteiger partial charge in [0.15, 0.2) is 0 Å². The summed E-state index contributed by atoms with van der Waals surface area (Å²) in [6.45, 7) is 8.25. The molecule has 0 radical (unpaired) electrons. The van der Waals surface area contributed by atoms with E-state index in [-0.39, 0.29) is 0 Å². The highest BCUT2D eigenvalue weighted by Gasteiger charge is 1.96. The zero-order chi connectivity index (χ0) is 15.6. The molecular formula is C18H20N2O2. The number of hydrogen-bond donors (Lipinski definition) is 2. The third-order valence-corrected chi connectivity index (χ3v) is 2.80. The molecule has 0 bridgehead atoms. The van der Waals surface area contributed by atoms with Gasteiger partial charge in [-0.3, -0.25) is 0 Å². The monoisotopic (exact) mass is 296 g/mol. The Morgan fingerprint density at radius 1 is 0.682 bits per heavy atom. The minimum absolute atomic E-state index is 0.505. The van der Waals surface area contributed by atoms with Gasteiger partial charge in [0.25, 0.3) is 0 Å². The molecule has 0 heterocycles. The van der Waals surface area contributed by atoms with Gasteiger partial charge in [0.2, 0.25) is 0 Å². The van der Waals surface area contributed by atoms with E-state index < -0.39 is 0 Å². The van der Waals surface area contributed by atoms with E-state index in [9.17, 15) is 0 Å². The van der Waals surface area contributed by atoms with Crippen LogP contribution in [0.5, 0.6) is 11.5 Å². The zero-order valence-electron chi connectivity index (χ0n) is 12.4. The van der Waals surface area contributed by atoms with Crippen molar-refractivity contribution < 1.29 is 9.47 Å². The second-order valence-electron chi connectivity index (χ2n) is 4.50. The molecular weight excluding hydrogens is 276 g/mol. The average molecular weight is 296 g/mol. The van der Waals surface area contributed by atoms with E-state index in [4.69, 9.17) is 9.47 Å². The normalized spacial score (nSPS) is 9.64. The Morgan fingerprint density at radius 3 is 1.36 bits per heavy atom. The highest BCUT2D eigenvalue weighted by atomic mass is 16.5. The van der Waals surface area contributed by atoms with Crippen LogP contribution < -0.4 is 20.3 Å². The third-order valence-electron chi connectivity index (χ3n) is 2.80. The highest BCUT2D eigenvalue weighted by molar-refractivity contribution is 5.54. The van der Waals surface area contributed by atoms with Gasteiger partial charge in [-0.2, -0.15) is 0 Å². The van der Waals surface area contributed by atoms with Crippen molar-refractivity contribution in [3.63, 3.8) is 0 Å². The molecule has 2 aromatic carbocycles. The van der Waals surface area contributed by atoms with Crippen molar-refractivity contribution in [1.82, 2.24) is 0 Å². The number of rotatable bonds is 9. The summed E-state index contributed by atoms with van der Waals surface area (Å²) >= 11 is 0. The lowest BCUT2D eigenvalue weighted by atomic mass is 10.3. The van der Waals surface area contributed by atoms with Crippen LogP contribution in [0.1, 0.15) is 0 Å². The molecule has 0 aliphatic carbocycles. The van der Waals surface area contributed by atoms with Crippen LogP contribution in [-0.2, 0) is 0 Å². The molecule has 0 fully saturated rings. The van der Waals surface area contributed by atoms with Gasteiger partial charge in [0.05, 0.1) is 11.4 Å². The molecule has 0 unspecified atom stereocenters. The van der Waals surface area contributed by atoms with Crippen LogP contribution in [-0.4, -0.2) is 13.2 Å². The summed E-state index contributed by atoms with van der Waals surface area (Å²) in [6, 6.07) is 15.4. The summed E-state index contributed by atoms with van der Waals surface area (Å²) < 4.78 is 10.9. The molecule has 0 aliphatic heterocycles. The number of benzene rings is 2. The molecule has 0 atom stereocenters. The molecule has 4 nitrogen and oxygen atoms in total. The van der Waals surface area contributed by atoms with Crippen LogP contribution in [0.4, 0.5) is 11.4 Å². The molecule has 0 saturated carbocycles. The van der Waals surface area contributed by atoms with Crippen LogP contribution >= 0.6 is 0 Å². The molecule has 2 N–H and O–H groups in total. The van der Waals surface area contributed by atoms with Crippen molar-refractivity contribution in [1.29, 1.82) is 0 Å². The standard InChI is InChI=1S/C18H20N2O2/c1-3-13-21-17-9-5-15(6-10-17)19-20-16-7-11-18(12-8-16)22-14-4-2/h3-12,19-20H,1-2,13-14H2. The molecule has 4 heteroatoms. The predicted molar refractivity (Wildman–Crippen MR) is 91.5 cm³/mol. The smallest absolute Gasteiger partial charge is 0.119 e. The quantitative estimate of drug-likeness (QED) is 0.536. The van der Waals surface area contributed by atoms with Crippen LogP contribution in [0.3, 0.4) is 0 Å². The van der Waals surface area contributed by atoms with E-state index in [2.05, 4.69) is 24.0 Å².